The van der Waals surface area contributed by atoms with Crippen molar-refractivity contribution in [1.29, 1.82) is 0 Å². The van der Waals surface area contributed by atoms with Crippen LogP contribution in [-0.4, -0.2) is 19.1 Å². The van der Waals surface area contributed by atoms with Gasteiger partial charge >= 0.3 is 5.97 Å². The highest BCUT2D eigenvalue weighted by Gasteiger charge is 2.30. The minimum absolute atomic E-state index is 0.172. The molecule has 0 aromatic heterocycles. The molecule has 2 aromatic carbocycles. The maximum Gasteiger partial charge on any atom is 0.307 e. The van der Waals surface area contributed by atoms with Crippen molar-refractivity contribution in [1.82, 2.24) is 5.32 Å². The van der Waals surface area contributed by atoms with Gasteiger partial charge in [-0.1, -0.05) is 49.4 Å². The summed E-state index contributed by atoms with van der Waals surface area (Å²) < 4.78 is 5.14. The van der Waals surface area contributed by atoms with Crippen LogP contribution >= 0.6 is 0 Å². The van der Waals surface area contributed by atoms with Crippen LogP contribution in [0.15, 0.2) is 42.5 Å². The monoisotopic (exact) mass is 285 g/mol. The molecule has 0 aliphatic carbocycles. The third kappa shape index (κ3) is 3.42. The highest BCUT2D eigenvalue weighted by molar-refractivity contribution is 5.87. The van der Waals surface area contributed by atoms with Crippen LogP contribution in [0.5, 0.6) is 0 Å². The molecule has 1 atom stereocenters. The Morgan fingerprint density at radius 3 is 2.57 bits per heavy atom. The second-order valence-corrected chi connectivity index (χ2v) is 5.37. The lowest BCUT2D eigenvalue weighted by atomic mass is 9.85. The Kier molecular flexibility index (Phi) is 4.97. The number of rotatable bonds is 6. The van der Waals surface area contributed by atoms with Gasteiger partial charge in [-0.2, -0.15) is 0 Å². The standard InChI is InChI=1S/C18H23NO2/c1-4-19-18(3,13-17(20)21-5-2)16-12-8-10-14-9-6-7-11-15(14)16/h6-12,19H,4-5,13H2,1-3H3. The van der Waals surface area contributed by atoms with Gasteiger partial charge in [0.2, 0.25) is 0 Å². The summed E-state index contributed by atoms with van der Waals surface area (Å²) in [6.45, 7) is 7.15. The van der Waals surface area contributed by atoms with E-state index in [4.69, 9.17) is 4.74 Å². The summed E-state index contributed by atoms with van der Waals surface area (Å²) in [5.74, 6) is -0.172. The molecule has 0 amide bonds. The second-order valence-electron chi connectivity index (χ2n) is 5.37. The molecule has 3 nitrogen and oxygen atoms in total. The van der Waals surface area contributed by atoms with E-state index in [0.29, 0.717) is 13.0 Å². The first kappa shape index (κ1) is 15.5. The number of hydrogen-bond donors (Lipinski definition) is 1. The number of ether oxygens (including phenoxy) is 1. The summed E-state index contributed by atoms with van der Waals surface area (Å²) in [6.07, 6.45) is 0.322. The lowest BCUT2D eigenvalue weighted by Crippen LogP contribution is -2.41. The first-order chi connectivity index (χ1) is 10.1. The Labute approximate surface area is 126 Å². The van der Waals surface area contributed by atoms with E-state index in [2.05, 4.69) is 43.4 Å². The fraction of sp³-hybridized carbons (Fsp3) is 0.389. The van der Waals surface area contributed by atoms with Crippen molar-refractivity contribution < 1.29 is 9.53 Å². The number of carbonyl (C=O) groups is 1. The number of fused-ring (bicyclic) bond motifs is 1. The van der Waals surface area contributed by atoms with Crippen molar-refractivity contribution in [3.8, 4) is 0 Å². The molecule has 0 fully saturated rings. The first-order valence-electron chi connectivity index (χ1n) is 7.49. The molecule has 1 unspecified atom stereocenters. The van der Waals surface area contributed by atoms with Gasteiger partial charge in [0.25, 0.3) is 0 Å². The zero-order valence-electron chi connectivity index (χ0n) is 13.0. The molecule has 0 bridgehead atoms. The van der Waals surface area contributed by atoms with Crippen LogP contribution in [0.2, 0.25) is 0 Å². The van der Waals surface area contributed by atoms with Gasteiger partial charge in [0.1, 0.15) is 0 Å². The second kappa shape index (κ2) is 6.72. The van der Waals surface area contributed by atoms with Crippen LogP contribution in [0.3, 0.4) is 0 Å². The van der Waals surface area contributed by atoms with Crippen LogP contribution in [0.4, 0.5) is 0 Å². The number of hydrogen-bond acceptors (Lipinski definition) is 3. The van der Waals surface area contributed by atoms with E-state index >= 15 is 0 Å². The number of benzene rings is 2. The Bertz CT molecular complexity index is 618. The zero-order chi connectivity index (χ0) is 15.3. The van der Waals surface area contributed by atoms with Gasteiger partial charge in [0.05, 0.1) is 18.6 Å². The quantitative estimate of drug-likeness (QED) is 0.824. The summed E-state index contributed by atoms with van der Waals surface area (Å²) in [5.41, 5.74) is 0.706. The highest BCUT2D eigenvalue weighted by Crippen LogP contribution is 2.31. The smallest absolute Gasteiger partial charge is 0.307 e. The van der Waals surface area contributed by atoms with Gasteiger partial charge in [0.15, 0.2) is 0 Å². The lowest BCUT2D eigenvalue weighted by Gasteiger charge is -2.31. The van der Waals surface area contributed by atoms with E-state index in [-0.39, 0.29) is 5.97 Å². The molecule has 3 heteroatoms. The number of nitrogens with one attached hydrogen (secondary N) is 1. The normalized spacial score (nSPS) is 13.9. The maximum atomic E-state index is 12.0. The SMILES string of the molecule is CCNC(C)(CC(=O)OCC)c1cccc2ccccc12. The van der Waals surface area contributed by atoms with E-state index in [1.54, 1.807) is 0 Å². The minimum atomic E-state index is -0.429. The molecule has 1 N–H and O–H groups in total. The van der Waals surface area contributed by atoms with Crippen molar-refractivity contribution in [2.75, 3.05) is 13.2 Å². The summed E-state index contributed by atoms with van der Waals surface area (Å²) in [4.78, 5) is 12.0. The van der Waals surface area contributed by atoms with Gasteiger partial charge in [-0.05, 0) is 36.7 Å². The van der Waals surface area contributed by atoms with Gasteiger partial charge in [-0.25, -0.2) is 0 Å². The van der Waals surface area contributed by atoms with Crippen LogP contribution in [0, 0.1) is 0 Å². The van der Waals surface area contributed by atoms with Crippen LogP contribution < -0.4 is 5.32 Å². The van der Waals surface area contributed by atoms with Crippen LogP contribution in [-0.2, 0) is 15.1 Å². The molecular formula is C18H23NO2. The molecule has 0 saturated carbocycles. The Morgan fingerprint density at radius 2 is 1.86 bits per heavy atom. The molecule has 2 rings (SSSR count). The Morgan fingerprint density at radius 1 is 1.14 bits per heavy atom. The molecule has 21 heavy (non-hydrogen) atoms. The van der Waals surface area contributed by atoms with Gasteiger partial charge in [-0.15, -0.1) is 0 Å². The van der Waals surface area contributed by atoms with Gasteiger partial charge in [-0.3, -0.25) is 4.79 Å². The van der Waals surface area contributed by atoms with Crippen molar-refractivity contribution in [3.63, 3.8) is 0 Å². The van der Waals surface area contributed by atoms with Gasteiger partial charge < -0.3 is 10.1 Å². The van der Waals surface area contributed by atoms with E-state index in [1.165, 1.54) is 10.8 Å². The van der Waals surface area contributed by atoms with E-state index in [1.807, 2.05) is 25.1 Å². The predicted octanol–water partition coefficient (Wildman–Crippen LogP) is 3.62. The molecule has 0 spiro atoms. The predicted molar refractivity (Wildman–Crippen MR) is 86.2 cm³/mol. The lowest BCUT2D eigenvalue weighted by molar-refractivity contribution is -0.144. The third-order valence-electron chi connectivity index (χ3n) is 3.75. The molecule has 2 aromatic rings. The molecule has 0 heterocycles. The minimum Gasteiger partial charge on any atom is -0.466 e. The fourth-order valence-corrected chi connectivity index (χ4v) is 2.85. The molecule has 0 saturated heterocycles. The van der Waals surface area contributed by atoms with Crippen molar-refractivity contribution in [2.45, 2.75) is 32.7 Å². The maximum absolute atomic E-state index is 12.0. The topological polar surface area (TPSA) is 38.3 Å². The average molecular weight is 285 g/mol. The molecule has 0 radical (unpaired) electrons. The number of carbonyl (C=O) groups excluding carboxylic acids is 1. The molecule has 0 aliphatic rings. The number of esters is 1. The summed E-state index contributed by atoms with van der Waals surface area (Å²) in [6, 6.07) is 14.5. The fourth-order valence-electron chi connectivity index (χ4n) is 2.85. The van der Waals surface area contributed by atoms with E-state index in [0.717, 1.165) is 12.1 Å². The van der Waals surface area contributed by atoms with E-state index in [9.17, 15) is 4.79 Å². The van der Waals surface area contributed by atoms with Crippen molar-refractivity contribution in [2.24, 2.45) is 0 Å². The average Bonchev–Trinajstić information content (AvgIpc) is 2.47. The van der Waals surface area contributed by atoms with Gasteiger partial charge in [0, 0.05) is 0 Å². The molecular weight excluding hydrogens is 262 g/mol. The molecule has 112 valence electrons. The third-order valence-corrected chi connectivity index (χ3v) is 3.75. The zero-order valence-corrected chi connectivity index (χ0v) is 13.0. The largest absolute Gasteiger partial charge is 0.466 e. The highest BCUT2D eigenvalue weighted by atomic mass is 16.5. The van der Waals surface area contributed by atoms with Crippen LogP contribution in [0.1, 0.15) is 32.8 Å². The van der Waals surface area contributed by atoms with Crippen LogP contribution in [0.25, 0.3) is 10.8 Å². The molecule has 0 aliphatic heterocycles. The Balaban J connectivity index is 2.46. The van der Waals surface area contributed by atoms with Crippen molar-refractivity contribution >= 4 is 16.7 Å². The summed E-state index contributed by atoms with van der Waals surface area (Å²) in [5, 5.41) is 5.81. The first-order valence-corrected chi connectivity index (χ1v) is 7.49. The summed E-state index contributed by atoms with van der Waals surface area (Å²) >= 11 is 0. The van der Waals surface area contributed by atoms with Crippen molar-refractivity contribution in [3.05, 3.63) is 48.0 Å². The Hall–Kier alpha value is -1.87. The van der Waals surface area contributed by atoms with E-state index < -0.39 is 5.54 Å². The summed E-state index contributed by atoms with van der Waals surface area (Å²) in [7, 11) is 0.